The van der Waals surface area contributed by atoms with Crippen LogP contribution in [-0.2, 0) is 11.2 Å². The van der Waals surface area contributed by atoms with Gasteiger partial charge in [0, 0.05) is 30.2 Å². The summed E-state index contributed by atoms with van der Waals surface area (Å²) in [4.78, 5) is 20.1. The summed E-state index contributed by atoms with van der Waals surface area (Å²) in [7, 11) is 0. The summed E-state index contributed by atoms with van der Waals surface area (Å²) in [5.41, 5.74) is 11.5. The van der Waals surface area contributed by atoms with Crippen molar-refractivity contribution in [3.05, 3.63) is 65.9 Å². The van der Waals surface area contributed by atoms with Gasteiger partial charge < -0.3 is 10.6 Å². The van der Waals surface area contributed by atoms with E-state index in [1.807, 2.05) is 36.1 Å². The van der Waals surface area contributed by atoms with Crippen LogP contribution in [0.2, 0.25) is 0 Å². The van der Waals surface area contributed by atoms with Gasteiger partial charge in [-0.3, -0.25) is 9.78 Å². The maximum absolute atomic E-state index is 13.3. The number of hydrogen-bond donors (Lipinski definition) is 1. The monoisotopic (exact) mass is 385 g/mol. The third-order valence-corrected chi connectivity index (χ3v) is 6.86. The fourth-order valence-electron chi connectivity index (χ4n) is 5.30. The van der Waals surface area contributed by atoms with Crippen LogP contribution in [0.5, 0.6) is 0 Å². The summed E-state index contributed by atoms with van der Waals surface area (Å²) in [6, 6.07) is 18.8. The molecule has 2 fully saturated rings. The number of nitrogens with two attached hydrogens (primary N) is 1. The number of hydrogen-bond acceptors (Lipinski definition) is 3. The van der Waals surface area contributed by atoms with Crippen molar-refractivity contribution in [1.82, 2.24) is 9.88 Å². The Bertz CT molecular complexity index is 1060. The van der Waals surface area contributed by atoms with Crippen LogP contribution in [0.15, 0.2) is 54.6 Å². The molecule has 1 aliphatic heterocycles. The van der Waals surface area contributed by atoms with Crippen molar-refractivity contribution in [3.8, 4) is 11.1 Å². The number of aromatic nitrogens is 1. The number of carbonyl (C=O) groups is 1. The maximum Gasteiger partial charge on any atom is 0.227 e. The van der Waals surface area contributed by atoms with E-state index in [9.17, 15) is 4.79 Å². The van der Waals surface area contributed by atoms with Crippen molar-refractivity contribution in [3.63, 3.8) is 0 Å². The first-order chi connectivity index (χ1) is 14.1. The van der Waals surface area contributed by atoms with Crippen molar-refractivity contribution in [1.29, 1.82) is 0 Å². The molecule has 29 heavy (non-hydrogen) atoms. The molecule has 3 aromatic rings. The Balaban J connectivity index is 1.53. The molecule has 1 saturated carbocycles. The third kappa shape index (κ3) is 3.22. The second kappa shape index (κ2) is 7.27. The maximum atomic E-state index is 13.3. The number of likely N-dealkylation sites (tertiary alicyclic amines) is 1. The quantitative estimate of drug-likeness (QED) is 0.743. The van der Waals surface area contributed by atoms with Crippen molar-refractivity contribution in [2.75, 3.05) is 13.1 Å². The van der Waals surface area contributed by atoms with Crippen LogP contribution in [0.3, 0.4) is 0 Å². The standard InChI is InChI=1S/C25H27N3O/c1-16-20(13-24(29)28-14-18-11-12-22(26)21(18)15-28)25(17-7-3-2-4-8-17)19-9-5-6-10-23(19)27-16/h2-10,18,21-22H,11-15,26H2,1H3. The van der Waals surface area contributed by atoms with Crippen LogP contribution in [0.1, 0.15) is 24.1 Å². The zero-order valence-electron chi connectivity index (χ0n) is 16.8. The van der Waals surface area contributed by atoms with Crippen molar-refractivity contribution >= 4 is 16.8 Å². The molecule has 4 heteroatoms. The van der Waals surface area contributed by atoms with Crippen LogP contribution < -0.4 is 5.73 Å². The Morgan fingerprint density at radius 2 is 1.83 bits per heavy atom. The van der Waals surface area contributed by atoms with Gasteiger partial charge in [-0.05, 0) is 54.4 Å². The predicted molar refractivity (Wildman–Crippen MR) is 116 cm³/mol. The summed E-state index contributed by atoms with van der Waals surface area (Å²) >= 11 is 0. The molecule has 148 valence electrons. The van der Waals surface area contributed by atoms with Crippen LogP contribution in [-0.4, -0.2) is 34.9 Å². The number of nitrogens with zero attached hydrogens (tertiary/aromatic N) is 2. The second-order valence-corrected chi connectivity index (χ2v) is 8.57. The molecule has 2 N–H and O–H groups in total. The van der Waals surface area contributed by atoms with Gasteiger partial charge in [-0.25, -0.2) is 0 Å². The number of aryl methyl sites for hydroxylation is 1. The zero-order valence-corrected chi connectivity index (χ0v) is 16.8. The summed E-state index contributed by atoms with van der Waals surface area (Å²) < 4.78 is 0. The smallest absolute Gasteiger partial charge is 0.227 e. The van der Waals surface area contributed by atoms with Crippen LogP contribution >= 0.6 is 0 Å². The first-order valence-corrected chi connectivity index (χ1v) is 10.6. The molecule has 1 aromatic heterocycles. The summed E-state index contributed by atoms with van der Waals surface area (Å²) in [5, 5.41) is 1.10. The Morgan fingerprint density at radius 1 is 1.07 bits per heavy atom. The van der Waals surface area contributed by atoms with E-state index in [0.717, 1.165) is 59.2 Å². The van der Waals surface area contributed by atoms with Crippen LogP contribution in [0.4, 0.5) is 0 Å². The van der Waals surface area contributed by atoms with E-state index in [4.69, 9.17) is 10.7 Å². The summed E-state index contributed by atoms with van der Waals surface area (Å²) in [6.45, 7) is 3.69. The lowest BCUT2D eigenvalue weighted by atomic mass is 9.92. The van der Waals surface area contributed by atoms with E-state index in [1.54, 1.807) is 0 Å². The predicted octanol–water partition coefficient (Wildman–Crippen LogP) is 3.95. The molecular weight excluding hydrogens is 358 g/mol. The lowest BCUT2D eigenvalue weighted by Crippen LogP contribution is -2.34. The number of pyridine rings is 1. The average Bonchev–Trinajstić information content (AvgIpc) is 3.31. The normalized spacial score (nSPS) is 23.5. The molecule has 2 heterocycles. The molecule has 2 aliphatic rings. The number of amides is 1. The first kappa shape index (κ1) is 18.3. The number of benzene rings is 2. The van der Waals surface area contributed by atoms with Gasteiger partial charge in [0.2, 0.25) is 5.91 Å². The van der Waals surface area contributed by atoms with Gasteiger partial charge in [-0.15, -0.1) is 0 Å². The molecule has 0 radical (unpaired) electrons. The van der Waals surface area contributed by atoms with Crippen LogP contribution in [0, 0.1) is 18.8 Å². The summed E-state index contributed by atoms with van der Waals surface area (Å²) in [5.74, 6) is 1.26. The second-order valence-electron chi connectivity index (χ2n) is 8.57. The Labute approximate surface area is 171 Å². The number of rotatable bonds is 3. The van der Waals surface area contributed by atoms with Crippen LogP contribution in [0.25, 0.3) is 22.0 Å². The zero-order chi connectivity index (χ0) is 20.0. The number of carbonyl (C=O) groups excluding carboxylic acids is 1. The molecule has 0 spiro atoms. The molecular formula is C25H27N3O. The molecule has 1 saturated heterocycles. The minimum absolute atomic E-state index is 0.198. The van der Waals surface area contributed by atoms with E-state index < -0.39 is 0 Å². The van der Waals surface area contributed by atoms with Crippen molar-refractivity contribution in [2.24, 2.45) is 17.6 Å². The van der Waals surface area contributed by atoms with Gasteiger partial charge in [-0.2, -0.15) is 0 Å². The average molecular weight is 386 g/mol. The lowest BCUT2D eigenvalue weighted by molar-refractivity contribution is -0.129. The lowest BCUT2D eigenvalue weighted by Gasteiger charge is -2.21. The van der Waals surface area contributed by atoms with E-state index >= 15 is 0 Å². The number of fused-ring (bicyclic) bond motifs is 2. The van der Waals surface area contributed by atoms with Gasteiger partial charge in [0.05, 0.1) is 11.9 Å². The Hall–Kier alpha value is -2.72. The SMILES string of the molecule is Cc1nc2ccccc2c(-c2ccccc2)c1CC(=O)N1CC2CCC(N)C2C1. The Morgan fingerprint density at radius 3 is 2.62 bits per heavy atom. The minimum Gasteiger partial charge on any atom is -0.342 e. The third-order valence-electron chi connectivity index (χ3n) is 6.86. The molecule has 3 unspecified atom stereocenters. The molecule has 5 rings (SSSR count). The van der Waals surface area contributed by atoms with E-state index in [-0.39, 0.29) is 11.9 Å². The highest BCUT2D eigenvalue weighted by Crippen LogP contribution is 2.38. The molecule has 1 aliphatic carbocycles. The van der Waals surface area contributed by atoms with Crippen molar-refractivity contribution < 1.29 is 4.79 Å². The largest absolute Gasteiger partial charge is 0.342 e. The molecule has 4 nitrogen and oxygen atoms in total. The van der Waals surface area contributed by atoms with E-state index in [1.165, 1.54) is 0 Å². The van der Waals surface area contributed by atoms with Gasteiger partial charge in [0.15, 0.2) is 0 Å². The fraction of sp³-hybridized carbons (Fsp3) is 0.360. The highest BCUT2D eigenvalue weighted by Gasteiger charge is 2.42. The fourth-order valence-corrected chi connectivity index (χ4v) is 5.30. The minimum atomic E-state index is 0.198. The van der Waals surface area contributed by atoms with E-state index in [2.05, 4.69) is 30.3 Å². The van der Waals surface area contributed by atoms with Gasteiger partial charge in [0.25, 0.3) is 0 Å². The van der Waals surface area contributed by atoms with Gasteiger partial charge in [-0.1, -0.05) is 48.5 Å². The molecule has 2 aromatic carbocycles. The van der Waals surface area contributed by atoms with Gasteiger partial charge >= 0.3 is 0 Å². The van der Waals surface area contributed by atoms with E-state index in [0.29, 0.717) is 18.3 Å². The number of para-hydroxylation sites is 1. The molecule has 1 amide bonds. The molecule has 0 bridgehead atoms. The van der Waals surface area contributed by atoms with Gasteiger partial charge in [0.1, 0.15) is 0 Å². The topological polar surface area (TPSA) is 59.2 Å². The molecule has 3 atom stereocenters. The van der Waals surface area contributed by atoms with Crippen molar-refractivity contribution in [2.45, 2.75) is 32.2 Å². The highest BCUT2D eigenvalue weighted by atomic mass is 16.2. The Kier molecular flexibility index (Phi) is 4.59. The summed E-state index contributed by atoms with van der Waals surface area (Å²) in [6.07, 6.45) is 2.65. The highest BCUT2D eigenvalue weighted by molar-refractivity contribution is 5.98. The first-order valence-electron chi connectivity index (χ1n) is 10.6.